The van der Waals surface area contributed by atoms with Crippen molar-refractivity contribution in [1.29, 1.82) is 0 Å². The van der Waals surface area contributed by atoms with Gasteiger partial charge in [-0.05, 0) is 44.6 Å². The molecule has 1 unspecified atom stereocenters. The van der Waals surface area contributed by atoms with Crippen molar-refractivity contribution in [3.8, 4) is 0 Å². The molecule has 1 fully saturated rings. The number of hydrogen-bond acceptors (Lipinski definition) is 2. The van der Waals surface area contributed by atoms with Gasteiger partial charge in [0.05, 0.1) is 0 Å². The van der Waals surface area contributed by atoms with E-state index in [1.807, 2.05) is 0 Å². The summed E-state index contributed by atoms with van der Waals surface area (Å²) in [6.45, 7) is 5.79. The first-order valence-electron chi connectivity index (χ1n) is 6.21. The van der Waals surface area contributed by atoms with Crippen molar-refractivity contribution in [2.45, 2.75) is 64.5 Å². The van der Waals surface area contributed by atoms with Crippen LogP contribution in [0.3, 0.4) is 0 Å². The van der Waals surface area contributed by atoms with Gasteiger partial charge >= 0.3 is 0 Å². The second kappa shape index (κ2) is 6.41. The third-order valence-corrected chi connectivity index (χ3v) is 3.54. The fourth-order valence-electron chi connectivity index (χ4n) is 2.06. The molecule has 1 aliphatic carbocycles. The Kier molecular flexibility index (Phi) is 5.49. The van der Waals surface area contributed by atoms with Crippen molar-refractivity contribution >= 4 is 0 Å². The summed E-state index contributed by atoms with van der Waals surface area (Å²) in [5, 5.41) is 3.65. The molecule has 1 aliphatic rings. The van der Waals surface area contributed by atoms with Crippen LogP contribution >= 0.6 is 0 Å². The Bertz CT molecular complexity index is 139. The molecular weight excluding hydrogens is 172 g/mol. The van der Waals surface area contributed by atoms with Crippen LogP contribution < -0.4 is 11.1 Å². The Balaban J connectivity index is 2.02. The summed E-state index contributed by atoms with van der Waals surface area (Å²) < 4.78 is 0. The first-order chi connectivity index (χ1) is 6.72. The fourth-order valence-corrected chi connectivity index (χ4v) is 2.06. The minimum Gasteiger partial charge on any atom is -0.328 e. The van der Waals surface area contributed by atoms with Crippen molar-refractivity contribution in [3.05, 3.63) is 0 Å². The molecule has 0 aliphatic heterocycles. The number of nitrogens with one attached hydrogen (secondary N) is 1. The Morgan fingerprint density at radius 1 is 1.29 bits per heavy atom. The highest BCUT2D eigenvalue weighted by molar-refractivity contribution is 4.78. The highest BCUT2D eigenvalue weighted by Gasteiger charge is 2.17. The quantitative estimate of drug-likeness (QED) is 0.711. The molecule has 0 aromatic rings. The van der Waals surface area contributed by atoms with Crippen molar-refractivity contribution in [2.75, 3.05) is 6.54 Å². The predicted molar refractivity (Wildman–Crippen MR) is 62.3 cm³/mol. The van der Waals surface area contributed by atoms with Crippen LogP contribution in [0.15, 0.2) is 0 Å². The molecule has 1 rings (SSSR count). The summed E-state index contributed by atoms with van der Waals surface area (Å²) in [5.74, 6) is 0.869. The lowest BCUT2D eigenvalue weighted by Crippen LogP contribution is -2.38. The van der Waals surface area contributed by atoms with E-state index in [9.17, 15) is 0 Å². The number of nitrogens with two attached hydrogens (primary N) is 1. The average Bonchev–Trinajstić information content (AvgIpc) is 2.21. The average molecular weight is 198 g/mol. The molecule has 0 spiro atoms. The van der Waals surface area contributed by atoms with Gasteiger partial charge in [-0.2, -0.15) is 0 Å². The van der Waals surface area contributed by atoms with Crippen LogP contribution in [0.4, 0.5) is 0 Å². The summed E-state index contributed by atoms with van der Waals surface area (Å²) >= 11 is 0. The maximum absolute atomic E-state index is 5.87. The van der Waals surface area contributed by atoms with Crippen LogP contribution in [-0.4, -0.2) is 18.6 Å². The summed E-state index contributed by atoms with van der Waals surface area (Å²) in [4.78, 5) is 0. The number of hydrogen-bond donors (Lipinski definition) is 2. The highest BCUT2D eigenvalue weighted by Crippen LogP contribution is 2.17. The molecule has 14 heavy (non-hydrogen) atoms. The van der Waals surface area contributed by atoms with Gasteiger partial charge in [0.1, 0.15) is 0 Å². The molecule has 3 N–H and O–H groups in total. The Morgan fingerprint density at radius 3 is 2.50 bits per heavy atom. The van der Waals surface area contributed by atoms with Gasteiger partial charge in [-0.3, -0.25) is 0 Å². The topological polar surface area (TPSA) is 38.0 Å². The summed E-state index contributed by atoms with van der Waals surface area (Å²) in [6.07, 6.45) is 7.60. The first kappa shape index (κ1) is 12.0. The largest absolute Gasteiger partial charge is 0.328 e. The minimum absolute atomic E-state index is 0.475. The van der Waals surface area contributed by atoms with Crippen LogP contribution in [0.5, 0.6) is 0 Å². The van der Waals surface area contributed by atoms with Crippen LogP contribution in [-0.2, 0) is 0 Å². The van der Waals surface area contributed by atoms with Gasteiger partial charge in [0.2, 0.25) is 0 Å². The lowest BCUT2D eigenvalue weighted by Gasteiger charge is -2.27. The molecule has 0 bridgehead atoms. The van der Waals surface area contributed by atoms with E-state index in [1.54, 1.807) is 0 Å². The Labute approximate surface area is 88.6 Å². The van der Waals surface area contributed by atoms with E-state index in [4.69, 9.17) is 5.73 Å². The molecule has 1 atom stereocenters. The molecule has 0 radical (unpaired) electrons. The van der Waals surface area contributed by atoms with E-state index in [0.29, 0.717) is 6.04 Å². The predicted octanol–water partition coefficient (Wildman–Crippen LogP) is 2.28. The third kappa shape index (κ3) is 4.43. The summed E-state index contributed by atoms with van der Waals surface area (Å²) in [5.41, 5.74) is 5.87. The van der Waals surface area contributed by atoms with Gasteiger partial charge in [0.25, 0.3) is 0 Å². The van der Waals surface area contributed by atoms with Crippen LogP contribution in [0.25, 0.3) is 0 Å². The molecule has 1 saturated carbocycles. The van der Waals surface area contributed by atoms with Gasteiger partial charge in [-0.15, -0.1) is 0 Å². The molecule has 0 aromatic carbocycles. The maximum Gasteiger partial charge on any atom is 0.00682 e. The van der Waals surface area contributed by atoms with Gasteiger partial charge in [0.15, 0.2) is 0 Å². The van der Waals surface area contributed by atoms with Gasteiger partial charge in [0, 0.05) is 12.1 Å². The van der Waals surface area contributed by atoms with Crippen LogP contribution in [0.2, 0.25) is 0 Å². The van der Waals surface area contributed by atoms with Gasteiger partial charge < -0.3 is 11.1 Å². The van der Waals surface area contributed by atoms with Crippen molar-refractivity contribution in [2.24, 2.45) is 11.7 Å². The van der Waals surface area contributed by atoms with E-state index >= 15 is 0 Å². The highest BCUT2D eigenvalue weighted by atomic mass is 14.9. The second-order valence-corrected chi connectivity index (χ2v) is 4.87. The molecular formula is C12H26N2. The minimum atomic E-state index is 0.475. The number of rotatable bonds is 5. The molecule has 2 heteroatoms. The van der Waals surface area contributed by atoms with Crippen LogP contribution in [0, 0.1) is 5.92 Å². The lowest BCUT2D eigenvalue weighted by molar-refractivity contribution is 0.333. The molecule has 0 amide bonds. The normalized spacial score (nSPS) is 30.2. The molecule has 2 nitrogen and oxygen atoms in total. The monoisotopic (exact) mass is 198 g/mol. The molecule has 0 saturated heterocycles. The van der Waals surface area contributed by atoms with E-state index in [-0.39, 0.29) is 0 Å². The maximum atomic E-state index is 5.87. The SMILES string of the molecule is CCC(C)CCNC1CCC(N)CC1. The zero-order valence-corrected chi connectivity index (χ0v) is 9.76. The smallest absolute Gasteiger partial charge is 0.00682 e. The fraction of sp³-hybridized carbons (Fsp3) is 1.00. The zero-order chi connectivity index (χ0) is 10.4. The van der Waals surface area contributed by atoms with Gasteiger partial charge in [-0.25, -0.2) is 0 Å². The van der Waals surface area contributed by atoms with E-state index < -0.39 is 0 Å². The second-order valence-electron chi connectivity index (χ2n) is 4.87. The van der Waals surface area contributed by atoms with Gasteiger partial charge in [-0.1, -0.05) is 20.3 Å². The van der Waals surface area contributed by atoms with Crippen molar-refractivity contribution in [1.82, 2.24) is 5.32 Å². The van der Waals surface area contributed by atoms with E-state index in [0.717, 1.165) is 12.0 Å². The Hall–Kier alpha value is -0.0800. The van der Waals surface area contributed by atoms with E-state index in [1.165, 1.54) is 45.1 Å². The lowest BCUT2D eigenvalue weighted by atomic mass is 9.91. The van der Waals surface area contributed by atoms with E-state index in [2.05, 4.69) is 19.2 Å². The third-order valence-electron chi connectivity index (χ3n) is 3.54. The summed E-state index contributed by atoms with van der Waals surface area (Å²) in [7, 11) is 0. The standard InChI is InChI=1S/C12H26N2/c1-3-10(2)8-9-14-12-6-4-11(13)5-7-12/h10-12,14H,3-9,13H2,1-2H3. The Morgan fingerprint density at radius 2 is 1.93 bits per heavy atom. The van der Waals surface area contributed by atoms with Crippen molar-refractivity contribution < 1.29 is 0 Å². The molecule has 0 heterocycles. The molecule has 0 aromatic heterocycles. The zero-order valence-electron chi connectivity index (χ0n) is 9.76. The molecule has 84 valence electrons. The van der Waals surface area contributed by atoms with Crippen molar-refractivity contribution in [3.63, 3.8) is 0 Å². The first-order valence-corrected chi connectivity index (χ1v) is 6.21. The van der Waals surface area contributed by atoms with Crippen LogP contribution in [0.1, 0.15) is 52.4 Å². The summed E-state index contributed by atoms with van der Waals surface area (Å²) in [6, 6.07) is 1.22.